The minimum atomic E-state index is -0.811. The molecule has 0 aromatic heterocycles. The molecule has 3 heteroatoms. The van der Waals surface area contributed by atoms with Crippen molar-refractivity contribution in [3.63, 3.8) is 0 Å². The van der Waals surface area contributed by atoms with Crippen LogP contribution in [0.5, 0.6) is 0 Å². The maximum absolute atomic E-state index is 12.8. The Kier molecular flexibility index (Phi) is 3.09. The van der Waals surface area contributed by atoms with Crippen molar-refractivity contribution in [2.75, 3.05) is 19.8 Å². The van der Waals surface area contributed by atoms with Crippen LogP contribution in [0.2, 0.25) is 0 Å². The lowest BCUT2D eigenvalue weighted by molar-refractivity contribution is 0.0145. The molecule has 0 aromatic rings. The highest BCUT2D eigenvalue weighted by Gasteiger charge is 2.23. The van der Waals surface area contributed by atoms with Gasteiger partial charge in [0, 0.05) is 12.6 Å². The largest absolute Gasteiger partial charge is 0.378 e. The van der Waals surface area contributed by atoms with Gasteiger partial charge in [0.05, 0.1) is 6.61 Å². The molecule has 1 aliphatic heterocycles. The van der Waals surface area contributed by atoms with Crippen molar-refractivity contribution in [3.8, 4) is 0 Å². The van der Waals surface area contributed by atoms with Gasteiger partial charge >= 0.3 is 0 Å². The van der Waals surface area contributed by atoms with E-state index in [9.17, 15) is 4.39 Å². The predicted molar refractivity (Wildman–Crippen MR) is 37.8 cm³/mol. The van der Waals surface area contributed by atoms with Crippen molar-refractivity contribution in [2.45, 2.75) is 25.6 Å². The molecular formula is C7H14FNO. The molecule has 0 aromatic carbocycles. The summed E-state index contributed by atoms with van der Waals surface area (Å²) in [6, 6.07) is 0.0266. The molecule has 2 atom stereocenters. The van der Waals surface area contributed by atoms with Crippen LogP contribution in [0.3, 0.4) is 0 Å². The number of ether oxygens (including phenoxy) is 1. The van der Waals surface area contributed by atoms with Crippen molar-refractivity contribution in [2.24, 2.45) is 0 Å². The third-order valence-electron chi connectivity index (χ3n) is 1.75. The maximum Gasteiger partial charge on any atom is 0.139 e. The smallest absolute Gasteiger partial charge is 0.139 e. The van der Waals surface area contributed by atoms with Gasteiger partial charge in [0.15, 0.2) is 0 Å². The zero-order valence-electron chi connectivity index (χ0n) is 6.27. The van der Waals surface area contributed by atoms with Gasteiger partial charge in [-0.05, 0) is 13.0 Å². The molecule has 1 saturated heterocycles. The molecule has 1 fully saturated rings. The second-order valence-electron chi connectivity index (χ2n) is 2.54. The number of hydrogen-bond acceptors (Lipinski definition) is 2. The van der Waals surface area contributed by atoms with E-state index < -0.39 is 6.17 Å². The van der Waals surface area contributed by atoms with Crippen LogP contribution in [0, 0.1) is 0 Å². The van der Waals surface area contributed by atoms with E-state index in [2.05, 4.69) is 5.32 Å². The number of hydrogen-bond donors (Lipinski definition) is 1. The highest BCUT2D eigenvalue weighted by Crippen LogP contribution is 2.10. The minimum absolute atomic E-state index is 0.0266. The fraction of sp³-hybridized carbons (Fsp3) is 1.00. The Labute approximate surface area is 60.8 Å². The summed E-state index contributed by atoms with van der Waals surface area (Å²) >= 11 is 0. The van der Waals surface area contributed by atoms with Crippen molar-refractivity contribution in [1.29, 1.82) is 0 Å². The average Bonchev–Trinajstić information content (AvgIpc) is 1.94. The summed E-state index contributed by atoms with van der Waals surface area (Å²) < 4.78 is 17.8. The summed E-state index contributed by atoms with van der Waals surface area (Å²) in [6.07, 6.45) is -0.0108. The molecule has 0 amide bonds. The van der Waals surface area contributed by atoms with Gasteiger partial charge in [-0.1, -0.05) is 6.92 Å². The summed E-state index contributed by atoms with van der Waals surface area (Å²) in [5.74, 6) is 0. The van der Waals surface area contributed by atoms with Gasteiger partial charge in [-0.15, -0.1) is 0 Å². The van der Waals surface area contributed by atoms with Gasteiger partial charge in [0.2, 0.25) is 0 Å². The molecule has 1 aliphatic rings. The first kappa shape index (κ1) is 7.95. The third-order valence-corrected chi connectivity index (χ3v) is 1.75. The monoisotopic (exact) mass is 147 g/mol. The first-order chi connectivity index (χ1) is 4.84. The molecule has 0 spiro atoms. The third kappa shape index (κ3) is 1.92. The number of alkyl halides is 1. The lowest BCUT2D eigenvalue weighted by Gasteiger charge is -2.26. The Morgan fingerprint density at radius 3 is 3.10 bits per heavy atom. The van der Waals surface area contributed by atoms with E-state index in [4.69, 9.17) is 4.74 Å². The quantitative estimate of drug-likeness (QED) is 0.621. The predicted octanol–water partition coefficient (Wildman–Crippen LogP) is 0.723. The van der Waals surface area contributed by atoms with E-state index in [0.29, 0.717) is 6.61 Å². The van der Waals surface area contributed by atoms with E-state index >= 15 is 0 Å². The molecule has 2 nitrogen and oxygen atoms in total. The van der Waals surface area contributed by atoms with Crippen LogP contribution >= 0.6 is 0 Å². The average molecular weight is 147 g/mol. The maximum atomic E-state index is 12.8. The second kappa shape index (κ2) is 3.88. The number of halogens is 1. The molecule has 0 radical (unpaired) electrons. The summed E-state index contributed by atoms with van der Waals surface area (Å²) in [5.41, 5.74) is 0. The fourth-order valence-electron chi connectivity index (χ4n) is 1.20. The Bertz CT molecular complexity index is 97.6. The highest BCUT2D eigenvalue weighted by atomic mass is 19.1. The van der Waals surface area contributed by atoms with Crippen LogP contribution in [0.15, 0.2) is 0 Å². The van der Waals surface area contributed by atoms with Gasteiger partial charge < -0.3 is 10.1 Å². The van der Waals surface area contributed by atoms with E-state index in [1.165, 1.54) is 0 Å². The molecule has 1 rings (SSSR count). The molecule has 0 bridgehead atoms. The summed E-state index contributed by atoms with van der Waals surface area (Å²) in [6.45, 7) is 3.78. The van der Waals surface area contributed by atoms with E-state index in [-0.39, 0.29) is 12.6 Å². The molecular weight excluding hydrogens is 133 g/mol. The molecule has 60 valence electrons. The first-order valence-corrected chi connectivity index (χ1v) is 3.79. The lowest BCUT2D eigenvalue weighted by Crippen LogP contribution is -2.44. The summed E-state index contributed by atoms with van der Waals surface area (Å²) in [5, 5.41) is 3.08. The zero-order chi connectivity index (χ0) is 7.40. The van der Waals surface area contributed by atoms with Crippen LogP contribution in [0.1, 0.15) is 13.3 Å². The SMILES string of the molecule is CCNC1CCOCC1F. The van der Waals surface area contributed by atoms with Crippen molar-refractivity contribution in [1.82, 2.24) is 5.32 Å². The van der Waals surface area contributed by atoms with Crippen LogP contribution < -0.4 is 5.32 Å². The van der Waals surface area contributed by atoms with E-state index in [1.807, 2.05) is 6.92 Å². The molecule has 1 N–H and O–H groups in total. The van der Waals surface area contributed by atoms with Gasteiger partial charge in [-0.25, -0.2) is 4.39 Å². The van der Waals surface area contributed by atoms with Gasteiger partial charge in [0.1, 0.15) is 6.17 Å². The summed E-state index contributed by atoms with van der Waals surface area (Å²) in [7, 11) is 0. The number of nitrogens with one attached hydrogen (secondary N) is 1. The van der Waals surface area contributed by atoms with Gasteiger partial charge in [0.25, 0.3) is 0 Å². The molecule has 1 heterocycles. The van der Waals surface area contributed by atoms with Gasteiger partial charge in [-0.2, -0.15) is 0 Å². The number of rotatable bonds is 2. The van der Waals surface area contributed by atoms with E-state index in [0.717, 1.165) is 13.0 Å². The first-order valence-electron chi connectivity index (χ1n) is 3.79. The van der Waals surface area contributed by atoms with Gasteiger partial charge in [-0.3, -0.25) is 0 Å². The van der Waals surface area contributed by atoms with Crippen LogP contribution in [-0.4, -0.2) is 32.0 Å². The highest BCUT2D eigenvalue weighted by molar-refractivity contribution is 4.78. The van der Waals surface area contributed by atoms with Crippen LogP contribution in [0.25, 0.3) is 0 Å². The fourth-order valence-corrected chi connectivity index (χ4v) is 1.20. The van der Waals surface area contributed by atoms with Crippen molar-refractivity contribution >= 4 is 0 Å². The lowest BCUT2D eigenvalue weighted by atomic mass is 10.1. The topological polar surface area (TPSA) is 21.3 Å². The Hall–Kier alpha value is -0.150. The minimum Gasteiger partial charge on any atom is -0.378 e. The summed E-state index contributed by atoms with van der Waals surface area (Å²) in [4.78, 5) is 0. The molecule has 0 aliphatic carbocycles. The molecule has 10 heavy (non-hydrogen) atoms. The van der Waals surface area contributed by atoms with Crippen LogP contribution in [-0.2, 0) is 4.74 Å². The van der Waals surface area contributed by atoms with Crippen molar-refractivity contribution in [3.05, 3.63) is 0 Å². The zero-order valence-corrected chi connectivity index (χ0v) is 6.27. The Balaban J connectivity index is 2.25. The normalized spacial score (nSPS) is 34.2. The molecule has 0 saturated carbocycles. The van der Waals surface area contributed by atoms with Crippen molar-refractivity contribution < 1.29 is 9.13 Å². The molecule has 2 unspecified atom stereocenters. The second-order valence-corrected chi connectivity index (χ2v) is 2.54. The Morgan fingerprint density at radius 1 is 1.70 bits per heavy atom. The standard InChI is InChI=1S/C7H14FNO/c1-2-9-7-3-4-10-5-6(7)8/h6-7,9H,2-5H2,1H3. The van der Waals surface area contributed by atoms with E-state index in [1.54, 1.807) is 0 Å². The Morgan fingerprint density at radius 2 is 2.50 bits per heavy atom. The van der Waals surface area contributed by atoms with Crippen LogP contribution in [0.4, 0.5) is 4.39 Å².